The zero-order valence-electron chi connectivity index (χ0n) is 27.8. The predicted molar refractivity (Wildman–Crippen MR) is 172 cm³/mol. The topological polar surface area (TPSA) is 250 Å². The maximum absolute atomic E-state index is 12.4. The van der Waals surface area contributed by atoms with Crippen molar-refractivity contribution in [2.45, 2.75) is 75.4 Å². The molecule has 0 saturated carbocycles. The van der Waals surface area contributed by atoms with Crippen LogP contribution in [0.5, 0.6) is 0 Å². The van der Waals surface area contributed by atoms with Crippen molar-refractivity contribution in [1.29, 1.82) is 0 Å². The molecule has 1 aliphatic heterocycles. The van der Waals surface area contributed by atoms with E-state index in [1.54, 1.807) is 41.2 Å². The van der Waals surface area contributed by atoms with E-state index < -0.39 is 67.0 Å². The van der Waals surface area contributed by atoms with Crippen molar-refractivity contribution in [3.63, 3.8) is 0 Å². The van der Waals surface area contributed by atoms with Crippen molar-refractivity contribution in [3.8, 4) is 0 Å². The van der Waals surface area contributed by atoms with Crippen LogP contribution in [0, 0.1) is 0 Å². The zero-order valence-corrected chi connectivity index (χ0v) is 29.8. The van der Waals surface area contributed by atoms with E-state index in [0.717, 1.165) is 36.2 Å². The maximum atomic E-state index is 12.4. The molecule has 0 spiro atoms. The van der Waals surface area contributed by atoms with E-state index in [4.69, 9.17) is 15.2 Å². The second-order valence-electron chi connectivity index (χ2n) is 12.0. The molecule has 1 saturated heterocycles. The number of aliphatic carboxylic acids is 1. The van der Waals surface area contributed by atoms with Crippen molar-refractivity contribution in [2.24, 2.45) is 0 Å². The van der Waals surface area contributed by atoms with Crippen LogP contribution in [0.15, 0.2) is 60.9 Å². The summed E-state index contributed by atoms with van der Waals surface area (Å²) >= 11 is 0. The molecule has 0 bridgehead atoms. The molecule has 50 heavy (non-hydrogen) atoms. The largest absolute Gasteiger partial charge is 1.00 e. The number of carboxylic acids is 1. The van der Waals surface area contributed by atoms with Gasteiger partial charge in [-0.15, -0.1) is 5.10 Å². The normalized spacial score (nSPS) is 21.6. The number of hydrogen-bond donors (Lipinski definition) is 7. The van der Waals surface area contributed by atoms with Crippen LogP contribution >= 0.6 is 0 Å². The summed E-state index contributed by atoms with van der Waals surface area (Å²) in [5.74, 6) is -5.52. The monoisotopic (exact) mass is 701 g/mol. The number of amides is 2. The number of aromatic amines is 1. The van der Waals surface area contributed by atoms with Gasteiger partial charge in [-0.1, -0.05) is 23.4 Å². The van der Waals surface area contributed by atoms with Gasteiger partial charge in [0.05, 0.1) is 30.6 Å². The molecule has 2 aromatic heterocycles. The van der Waals surface area contributed by atoms with Crippen molar-refractivity contribution in [3.05, 3.63) is 77.7 Å². The smallest absolute Gasteiger partial charge is 0.544 e. The number of aryl methyl sites for hydroxylation is 2. The first kappa shape index (κ1) is 38.9. The fourth-order valence-electron chi connectivity index (χ4n) is 5.89. The number of nitrogens with zero attached hydrogens (tertiary/aromatic N) is 3. The molecule has 16 nitrogen and oxygen atoms in total. The van der Waals surface area contributed by atoms with Crippen LogP contribution in [0.3, 0.4) is 0 Å². The molecule has 6 atom stereocenters. The summed E-state index contributed by atoms with van der Waals surface area (Å²) in [4.78, 5) is 40.0. The Morgan fingerprint density at radius 3 is 2.68 bits per heavy atom. The van der Waals surface area contributed by atoms with Crippen molar-refractivity contribution in [2.75, 3.05) is 18.9 Å². The van der Waals surface area contributed by atoms with Crippen LogP contribution in [0.1, 0.15) is 41.4 Å². The molecule has 1 aliphatic rings. The number of aliphatic hydroxyl groups is 3. The molecule has 4 aromatic rings. The molecule has 0 radical (unpaired) electrons. The Labute approximate surface area is 309 Å². The Kier molecular flexibility index (Phi) is 13.5. The van der Waals surface area contributed by atoms with Gasteiger partial charge in [0.25, 0.3) is 5.91 Å². The number of aliphatic hydroxyl groups excluding tert-OH is 3. The third-order valence-electron chi connectivity index (χ3n) is 8.40. The van der Waals surface area contributed by atoms with Gasteiger partial charge in [0, 0.05) is 67.4 Å². The first-order chi connectivity index (χ1) is 23.5. The molecule has 3 heterocycles. The molecule has 1 unspecified atom stereocenters. The summed E-state index contributed by atoms with van der Waals surface area (Å²) in [6.07, 6.45) is -2.17. The number of fused-ring (bicyclic) bond motifs is 1. The van der Waals surface area contributed by atoms with Crippen LogP contribution < -0.4 is 51.0 Å². The predicted octanol–water partition coefficient (Wildman–Crippen LogP) is -4.21. The van der Waals surface area contributed by atoms with E-state index in [1.165, 1.54) is 0 Å². The standard InChI is InChI=1S/C33H41N7O9.Na/c1-19(41)37-28-26(42)15-33(32(46)47,49-30(28)29(44)27(43)17-36-31(45)20-6-3-2-4-7-20)48-13-11-23-18-40(39-38-23)12-5-8-21-16-35-25-10-9-22(34)14-24(21)25;/h2-4,6-7,9-10,14,16,18,26-30,35,42-44H,5,8,11-13,15,17,34H2,1H3,(H,36,45)(H,37,41)(H,46,47);/q;+1/p-1/t26-,27+,28+,29+,30?,33+;/m0./s1. The van der Waals surface area contributed by atoms with Gasteiger partial charge in [-0.2, -0.15) is 0 Å². The average Bonchev–Trinajstić information content (AvgIpc) is 3.70. The second-order valence-corrected chi connectivity index (χ2v) is 12.0. The number of carboxylic acid groups (broad SMARTS) is 1. The van der Waals surface area contributed by atoms with Gasteiger partial charge in [0.1, 0.15) is 18.2 Å². The number of rotatable bonds is 15. The van der Waals surface area contributed by atoms with Gasteiger partial charge in [-0.25, -0.2) is 0 Å². The number of hydrogen-bond acceptors (Lipinski definition) is 12. The number of carbonyl (C=O) groups is 3. The number of benzene rings is 2. The van der Waals surface area contributed by atoms with Crippen molar-refractivity contribution < 1.29 is 73.8 Å². The summed E-state index contributed by atoms with van der Waals surface area (Å²) in [6.45, 7) is 1.02. The first-order valence-corrected chi connectivity index (χ1v) is 15.9. The van der Waals surface area contributed by atoms with E-state index in [2.05, 4.69) is 25.9 Å². The summed E-state index contributed by atoms with van der Waals surface area (Å²) in [7, 11) is 0. The minimum absolute atomic E-state index is 0. The number of nitrogens with two attached hydrogens (primary N) is 1. The Balaban J connectivity index is 0.00000562. The summed E-state index contributed by atoms with van der Waals surface area (Å²) in [5, 5.41) is 59.4. The van der Waals surface area contributed by atoms with Gasteiger partial charge in [-0.05, 0) is 48.7 Å². The number of anilines is 1. The minimum Gasteiger partial charge on any atom is -0.544 e. The summed E-state index contributed by atoms with van der Waals surface area (Å²) < 4.78 is 13.0. The number of carbonyl (C=O) groups excluding carboxylic acids is 3. The quantitative estimate of drug-likeness (QED) is 0.0461. The summed E-state index contributed by atoms with van der Waals surface area (Å²) in [6, 6.07) is 12.5. The second kappa shape index (κ2) is 17.4. The molecule has 0 aliphatic carbocycles. The first-order valence-electron chi connectivity index (χ1n) is 15.9. The van der Waals surface area contributed by atoms with E-state index in [-0.39, 0.29) is 42.6 Å². The molecule has 1 fully saturated rings. The van der Waals surface area contributed by atoms with E-state index >= 15 is 0 Å². The Bertz CT molecular complexity index is 1750. The van der Waals surface area contributed by atoms with Crippen molar-refractivity contribution >= 4 is 34.4 Å². The number of nitrogens with one attached hydrogen (secondary N) is 3. The number of nitrogen functional groups attached to an aromatic ring is 1. The Hall–Kier alpha value is -3.87. The molecule has 8 N–H and O–H groups in total. The number of ether oxygens (including phenoxy) is 2. The van der Waals surface area contributed by atoms with Crippen LogP contribution in [0.2, 0.25) is 0 Å². The van der Waals surface area contributed by atoms with Crippen LogP contribution in [-0.2, 0) is 38.4 Å². The van der Waals surface area contributed by atoms with Crippen LogP contribution in [0.25, 0.3) is 10.9 Å². The SMILES string of the molecule is CC(=O)N[C@H]1C([C@H](O)[C@H](O)CNC(=O)c2ccccc2)O[C@@](OCCc2cn(CCCc3c[nH]c4ccc(N)cc34)nn2)(C(=O)[O-])C[C@@H]1O.[Na+]. The summed E-state index contributed by atoms with van der Waals surface area (Å²) in [5.41, 5.74) is 9.57. The van der Waals surface area contributed by atoms with Gasteiger partial charge >= 0.3 is 29.6 Å². The Morgan fingerprint density at radius 2 is 1.96 bits per heavy atom. The maximum Gasteiger partial charge on any atom is 1.00 e. The fraction of sp³-hybridized carbons (Fsp3) is 0.424. The zero-order chi connectivity index (χ0) is 35.1. The van der Waals surface area contributed by atoms with E-state index in [0.29, 0.717) is 23.5 Å². The van der Waals surface area contributed by atoms with Crippen LogP contribution in [-0.4, -0.2) is 102 Å². The molecule has 262 valence electrons. The molecular weight excluding hydrogens is 661 g/mol. The van der Waals surface area contributed by atoms with E-state index in [1.807, 2.05) is 24.4 Å². The van der Waals surface area contributed by atoms with Gasteiger partial charge in [0.2, 0.25) is 11.7 Å². The molecule has 5 rings (SSSR count). The van der Waals surface area contributed by atoms with Crippen LogP contribution in [0.4, 0.5) is 5.69 Å². The molecule has 17 heteroatoms. The average molecular weight is 702 g/mol. The molecular formula is C33H40N7NaO9. The van der Waals surface area contributed by atoms with Gasteiger partial charge in [-0.3, -0.25) is 14.3 Å². The number of H-pyrrole nitrogens is 1. The fourth-order valence-corrected chi connectivity index (χ4v) is 5.89. The Morgan fingerprint density at radius 1 is 1.20 bits per heavy atom. The van der Waals surface area contributed by atoms with Gasteiger partial charge in [0.15, 0.2) is 0 Å². The third-order valence-corrected chi connectivity index (χ3v) is 8.40. The molecule has 2 aromatic carbocycles. The third kappa shape index (κ3) is 9.46. The van der Waals surface area contributed by atoms with Gasteiger partial charge < -0.3 is 56.0 Å². The molecule has 2 amide bonds. The van der Waals surface area contributed by atoms with Crippen molar-refractivity contribution in [1.82, 2.24) is 30.6 Å². The minimum atomic E-state index is -2.55. The number of aromatic nitrogens is 4. The van der Waals surface area contributed by atoms with E-state index in [9.17, 15) is 34.8 Å².